The van der Waals surface area contributed by atoms with Crippen molar-refractivity contribution in [2.45, 2.75) is 33.2 Å². The smallest absolute Gasteiger partial charge is 0.434 e. The van der Waals surface area contributed by atoms with E-state index in [2.05, 4.69) is 4.74 Å². The summed E-state index contributed by atoms with van der Waals surface area (Å²) in [5.74, 6) is 0. The highest BCUT2D eigenvalue weighted by molar-refractivity contribution is 5.66. The lowest BCUT2D eigenvalue weighted by Gasteiger charge is -2.27. The Hall–Kier alpha value is -0.770. The SMILES string of the molecule is CCOC(=O)N(O)C(C)(C)C. The van der Waals surface area contributed by atoms with Gasteiger partial charge in [0.25, 0.3) is 0 Å². The van der Waals surface area contributed by atoms with Crippen molar-refractivity contribution in [2.24, 2.45) is 0 Å². The summed E-state index contributed by atoms with van der Waals surface area (Å²) in [5, 5.41) is 9.72. The predicted molar refractivity (Wildman–Crippen MR) is 40.4 cm³/mol. The average Bonchev–Trinajstić information content (AvgIpc) is 1.85. The van der Waals surface area contributed by atoms with E-state index in [4.69, 9.17) is 5.21 Å². The Morgan fingerprint density at radius 2 is 2.00 bits per heavy atom. The lowest BCUT2D eigenvalue weighted by atomic mass is 10.1. The molecule has 0 unspecified atom stereocenters. The number of nitrogens with zero attached hydrogens (tertiary/aromatic N) is 1. The van der Waals surface area contributed by atoms with Gasteiger partial charge in [-0.15, -0.1) is 0 Å². The molecule has 0 atom stereocenters. The van der Waals surface area contributed by atoms with Crippen LogP contribution < -0.4 is 0 Å². The molecule has 0 aliphatic carbocycles. The third kappa shape index (κ3) is 3.23. The summed E-state index contributed by atoms with van der Waals surface area (Å²) in [7, 11) is 0. The zero-order chi connectivity index (χ0) is 9.07. The van der Waals surface area contributed by atoms with Crippen molar-refractivity contribution in [3.8, 4) is 0 Å². The summed E-state index contributed by atoms with van der Waals surface area (Å²) in [4.78, 5) is 10.8. The van der Waals surface area contributed by atoms with E-state index >= 15 is 0 Å². The molecule has 0 aromatic heterocycles. The fourth-order valence-electron chi connectivity index (χ4n) is 0.458. The Bertz CT molecular complexity index is 139. The molecule has 0 rings (SSSR count). The van der Waals surface area contributed by atoms with Gasteiger partial charge in [-0.05, 0) is 27.7 Å². The molecule has 4 nitrogen and oxygen atoms in total. The maximum atomic E-state index is 10.8. The molecule has 4 heteroatoms. The predicted octanol–water partition coefficient (Wildman–Crippen LogP) is 1.63. The number of hydroxylamine groups is 2. The van der Waals surface area contributed by atoms with Crippen LogP contribution in [0.4, 0.5) is 4.79 Å². The molecule has 0 aliphatic rings. The van der Waals surface area contributed by atoms with Gasteiger partial charge in [0.1, 0.15) is 0 Å². The Morgan fingerprint density at radius 1 is 1.55 bits per heavy atom. The lowest BCUT2D eigenvalue weighted by molar-refractivity contribution is -0.129. The van der Waals surface area contributed by atoms with Crippen molar-refractivity contribution in [1.82, 2.24) is 5.06 Å². The van der Waals surface area contributed by atoms with E-state index in [1.54, 1.807) is 27.7 Å². The molecule has 66 valence electrons. The van der Waals surface area contributed by atoms with Crippen LogP contribution >= 0.6 is 0 Å². The molecule has 0 bridgehead atoms. The van der Waals surface area contributed by atoms with Crippen LogP contribution in [-0.2, 0) is 4.74 Å². The largest absolute Gasteiger partial charge is 0.448 e. The van der Waals surface area contributed by atoms with Gasteiger partial charge in [0, 0.05) is 0 Å². The van der Waals surface area contributed by atoms with Crippen LogP contribution in [0.2, 0.25) is 0 Å². The van der Waals surface area contributed by atoms with Crippen LogP contribution in [0, 0.1) is 0 Å². The zero-order valence-corrected chi connectivity index (χ0v) is 7.42. The van der Waals surface area contributed by atoms with E-state index in [0.29, 0.717) is 5.06 Å². The van der Waals surface area contributed by atoms with Gasteiger partial charge in [-0.25, -0.2) is 4.79 Å². The van der Waals surface area contributed by atoms with Gasteiger partial charge in [-0.2, -0.15) is 5.06 Å². The number of carbonyl (C=O) groups excluding carboxylic acids is 1. The minimum Gasteiger partial charge on any atom is -0.448 e. The second kappa shape index (κ2) is 3.57. The Kier molecular flexibility index (Phi) is 3.32. The highest BCUT2D eigenvalue weighted by atomic mass is 16.6. The second-order valence-corrected chi connectivity index (χ2v) is 3.18. The highest BCUT2D eigenvalue weighted by Gasteiger charge is 2.25. The second-order valence-electron chi connectivity index (χ2n) is 3.18. The summed E-state index contributed by atoms with van der Waals surface area (Å²) >= 11 is 0. The maximum Gasteiger partial charge on any atom is 0.434 e. The third-order valence-electron chi connectivity index (χ3n) is 1.08. The molecule has 0 radical (unpaired) electrons. The first-order valence-corrected chi connectivity index (χ1v) is 3.55. The third-order valence-corrected chi connectivity index (χ3v) is 1.08. The molecule has 11 heavy (non-hydrogen) atoms. The van der Waals surface area contributed by atoms with Crippen LogP contribution in [0.1, 0.15) is 27.7 Å². The average molecular weight is 161 g/mol. The first kappa shape index (κ1) is 10.2. The number of carbonyl (C=O) groups is 1. The molecule has 0 heterocycles. The molecule has 0 saturated heterocycles. The minimum atomic E-state index is -0.708. The minimum absolute atomic E-state index is 0.270. The number of ether oxygens (including phenoxy) is 1. The Morgan fingerprint density at radius 3 is 2.27 bits per heavy atom. The number of hydrogen-bond donors (Lipinski definition) is 1. The van der Waals surface area contributed by atoms with Crippen molar-refractivity contribution in [1.29, 1.82) is 0 Å². The Labute approximate surface area is 66.7 Å². The van der Waals surface area contributed by atoms with Crippen molar-refractivity contribution in [3.63, 3.8) is 0 Å². The van der Waals surface area contributed by atoms with Crippen molar-refractivity contribution in [2.75, 3.05) is 6.61 Å². The van der Waals surface area contributed by atoms with Gasteiger partial charge < -0.3 is 4.74 Å². The zero-order valence-electron chi connectivity index (χ0n) is 7.42. The van der Waals surface area contributed by atoms with Crippen LogP contribution in [0.25, 0.3) is 0 Å². The molecule has 0 saturated carbocycles. The Balaban J connectivity index is 4.03. The van der Waals surface area contributed by atoms with Crippen LogP contribution in [0.15, 0.2) is 0 Å². The summed E-state index contributed by atoms with van der Waals surface area (Å²) in [5.41, 5.74) is -0.605. The number of hydrogen-bond acceptors (Lipinski definition) is 3. The first-order valence-electron chi connectivity index (χ1n) is 3.55. The maximum absolute atomic E-state index is 10.8. The van der Waals surface area contributed by atoms with Gasteiger partial charge >= 0.3 is 6.09 Å². The fraction of sp³-hybridized carbons (Fsp3) is 0.857. The molecule has 0 spiro atoms. The molecular formula is C7H15NO3. The van der Waals surface area contributed by atoms with Crippen molar-refractivity contribution >= 4 is 6.09 Å². The molecule has 1 amide bonds. The van der Waals surface area contributed by atoms with Gasteiger partial charge in [0.05, 0.1) is 12.1 Å². The molecule has 1 N–H and O–H groups in total. The van der Waals surface area contributed by atoms with E-state index in [1.807, 2.05) is 0 Å². The van der Waals surface area contributed by atoms with Gasteiger partial charge in [0.2, 0.25) is 0 Å². The van der Waals surface area contributed by atoms with Gasteiger partial charge in [-0.1, -0.05) is 0 Å². The quantitative estimate of drug-likeness (QED) is 0.469. The normalized spacial score (nSPS) is 11.0. The highest BCUT2D eigenvalue weighted by Crippen LogP contribution is 2.10. The van der Waals surface area contributed by atoms with Crippen molar-refractivity contribution in [3.05, 3.63) is 0 Å². The van der Waals surface area contributed by atoms with E-state index in [-0.39, 0.29) is 6.61 Å². The molecule has 0 aromatic rings. The lowest BCUT2D eigenvalue weighted by Crippen LogP contribution is -2.43. The summed E-state index contributed by atoms with van der Waals surface area (Å²) in [6.07, 6.45) is -0.708. The number of rotatable bonds is 1. The van der Waals surface area contributed by atoms with E-state index < -0.39 is 11.6 Å². The first-order chi connectivity index (χ1) is 4.89. The molecular weight excluding hydrogens is 146 g/mol. The molecule has 0 aliphatic heterocycles. The van der Waals surface area contributed by atoms with E-state index in [1.165, 1.54) is 0 Å². The monoisotopic (exact) mass is 161 g/mol. The van der Waals surface area contributed by atoms with Crippen LogP contribution in [-0.4, -0.2) is 28.5 Å². The fourth-order valence-corrected chi connectivity index (χ4v) is 0.458. The van der Waals surface area contributed by atoms with Crippen LogP contribution in [0.5, 0.6) is 0 Å². The summed E-state index contributed by atoms with van der Waals surface area (Å²) < 4.78 is 4.57. The molecule has 0 aromatic carbocycles. The van der Waals surface area contributed by atoms with Crippen molar-refractivity contribution < 1.29 is 14.7 Å². The summed E-state index contributed by atoms with van der Waals surface area (Å²) in [6.45, 7) is 7.10. The standard InChI is InChI=1S/C7H15NO3/c1-5-11-6(9)8(10)7(2,3)4/h10H,5H2,1-4H3. The van der Waals surface area contributed by atoms with Crippen LogP contribution in [0.3, 0.4) is 0 Å². The molecule has 0 fully saturated rings. The topological polar surface area (TPSA) is 49.8 Å². The van der Waals surface area contributed by atoms with Gasteiger partial charge in [-0.3, -0.25) is 5.21 Å². The van der Waals surface area contributed by atoms with Gasteiger partial charge in [0.15, 0.2) is 0 Å². The summed E-state index contributed by atoms with van der Waals surface area (Å²) in [6, 6.07) is 0. The van der Waals surface area contributed by atoms with E-state index in [9.17, 15) is 4.79 Å². The number of amides is 1. The van der Waals surface area contributed by atoms with E-state index in [0.717, 1.165) is 0 Å².